The molecule has 1 spiro atoms. The highest BCUT2D eigenvalue weighted by Crippen LogP contribution is 2.81. The van der Waals surface area contributed by atoms with Gasteiger partial charge in [-0.05, 0) is 50.4 Å². The van der Waals surface area contributed by atoms with Gasteiger partial charge in [0.05, 0.1) is 11.5 Å². The molecule has 8 fully saturated rings. The molecular weight excluding hydrogens is 652 g/mol. The molecular formula is C37H50O13. The number of aliphatic hydroxyl groups is 2. The maximum atomic E-state index is 14.5. The number of epoxide rings is 2. The van der Waals surface area contributed by atoms with E-state index in [1.807, 2.05) is 34.6 Å². The van der Waals surface area contributed by atoms with Crippen molar-refractivity contribution in [1.29, 1.82) is 0 Å². The summed E-state index contributed by atoms with van der Waals surface area (Å²) in [4.78, 5) is 67.3. The summed E-state index contributed by atoms with van der Waals surface area (Å²) in [5.74, 6) is -8.68. The van der Waals surface area contributed by atoms with Crippen LogP contribution in [0.4, 0.5) is 0 Å². The van der Waals surface area contributed by atoms with Crippen LogP contribution in [0.5, 0.6) is 0 Å². The van der Waals surface area contributed by atoms with Crippen LogP contribution in [0.2, 0.25) is 0 Å². The van der Waals surface area contributed by atoms with Gasteiger partial charge in [0.1, 0.15) is 36.6 Å². The number of hydrogen-bond donors (Lipinski definition) is 2. The molecule has 8 rings (SSSR count). The third-order valence-corrected chi connectivity index (χ3v) is 15.3. The van der Waals surface area contributed by atoms with Gasteiger partial charge in [0.25, 0.3) is 0 Å². The maximum Gasteiger partial charge on any atom is 0.341 e. The molecule has 3 heterocycles. The van der Waals surface area contributed by atoms with Crippen LogP contribution in [0.15, 0.2) is 0 Å². The fourth-order valence-electron chi connectivity index (χ4n) is 13.1. The van der Waals surface area contributed by atoms with Crippen LogP contribution in [0.25, 0.3) is 0 Å². The molecule has 13 heteroatoms. The number of esters is 4. The number of rotatable bonds is 5. The Kier molecular flexibility index (Phi) is 7.09. The molecule has 276 valence electrons. The Balaban J connectivity index is 1.33. The minimum absolute atomic E-state index is 0.0359. The molecule has 3 aliphatic heterocycles. The van der Waals surface area contributed by atoms with Crippen LogP contribution in [-0.4, -0.2) is 94.0 Å². The fraction of sp³-hybridized carbons (Fsp3) is 0.865. The first-order chi connectivity index (χ1) is 23.2. The van der Waals surface area contributed by atoms with Crippen molar-refractivity contribution in [2.24, 2.45) is 63.6 Å². The predicted octanol–water partition coefficient (Wildman–Crippen LogP) is 2.11. The molecule has 0 aromatic heterocycles. The Morgan fingerprint density at radius 3 is 2.22 bits per heavy atom. The summed E-state index contributed by atoms with van der Waals surface area (Å²) in [7, 11) is 0. The summed E-state index contributed by atoms with van der Waals surface area (Å²) >= 11 is 0. The van der Waals surface area contributed by atoms with Gasteiger partial charge in [0, 0.05) is 54.8 Å². The van der Waals surface area contributed by atoms with E-state index in [0.29, 0.717) is 6.42 Å². The van der Waals surface area contributed by atoms with E-state index in [0.717, 1.165) is 0 Å². The third kappa shape index (κ3) is 3.90. The third-order valence-electron chi connectivity index (χ3n) is 15.3. The molecule has 0 unspecified atom stereocenters. The van der Waals surface area contributed by atoms with E-state index in [2.05, 4.69) is 0 Å². The summed E-state index contributed by atoms with van der Waals surface area (Å²) in [6.07, 6.45) is -4.69. The lowest BCUT2D eigenvalue weighted by molar-refractivity contribution is -0.236. The van der Waals surface area contributed by atoms with Crippen molar-refractivity contribution in [1.82, 2.24) is 0 Å². The second kappa shape index (κ2) is 10.3. The standard InChI is InChI=1S/C37H50O13/c1-13(2)10-21(40)48-31-28-19(47-28)11-18-26(41)27(42)22-17(33(18,31)6)12-20(45-15(4)38)34(7)23-14(3)30-37(49-30)35(8,36(9,44)32(43)50-37)25(23)29(24(22)34)46-16(5)39/h13-14,17-20,22-25,27-31,42,44H,10-12H2,1-9H3/t14-,17-,18+,19-,20-,22+,23-,24+,25-,27+,28-,29+,30-,31-,33+,34+,35-,36+,37+/m0/s1. The summed E-state index contributed by atoms with van der Waals surface area (Å²) in [6, 6.07) is 0. The molecule has 5 aliphatic carbocycles. The molecule has 2 N–H and O–H groups in total. The molecule has 3 saturated heterocycles. The van der Waals surface area contributed by atoms with E-state index in [9.17, 15) is 34.2 Å². The zero-order chi connectivity index (χ0) is 36.4. The normalized spacial score (nSPS) is 56.3. The zero-order valence-corrected chi connectivity index (χ0v) is 30.2. The minimum atomic E-state index is -2.06. The number of hydrogen-bond acceptors (Lipinski definition) is 13. The number of ether oxygens (including phenoxy) is 6. The number of carbonyl (C=O) groups is 5. The van der Waals surface area contributed by atoms with Crippen molar-refractivity contribution >= 4 is 29.7 Å². The molecule has 5 saturated carbocycles. The predicted molar refractivity (Wildman–Crippen MR) is 168 cm³/mol. The number of Topliss-reactive ketones (excluding diaryl/α,β-unsaturated/α-hetero) is 1. The first-order valence-electron chi connectivity index (χ1n) is 18.2. The first kappa shape index (κ1) is 34.5. The summed E-state index contributed by atoms with van der Waals surface area (Å²) in [5, 5.41) is 24.3. The second-order valence-electron chi connectivity index (χ2n) is 17.9. The van der Waals surface area contributed by atoms with Crippen LogP contribution >= 0.6 is 0 Å². The average Bonchev–Trinajstić information content (AvgIpc) is 3.90. The first-order valence-corrected chi connectivity index (χ1v) is 18.2. The average molecular weight is 703 g/mol. The van der Waals surface area contributed by atoms with E-state index in [1.165, 1.54) is 20.8 Å². The van der Waals surface area contributed by atoms with Crippen molar-refractivity contribution in [2.45, 2.75) is 136 Å². The van der Waals surface area contributed by atoms with E-state index < -0.39 is 124 Å². The molecule has 19 atom stereocenters. The topological polar surface area (TPSA) is 188 Å². The highest BCUT2D eigenvalue weighted by Gasteiger charge is 2.93. The molecule has 0 aromatic carbocycles. The molecule has 8 aliphatic rings. The SMILES string of the molecule is CC(=O)O[C@@H]1[C@H]2[C@@H]3[C@@H](O)C(=O)[C@H]4C[C@@H]5O[C@@H]5[C@H](OC(=O)CC(C)C)[C@]4(C)[C@H]3C[C@H](OC(C)=O)[C@]2(C)[C@H]2[C@H](C)[C@@H]3O[C@@]34OC(=O)[C@@](C)(O)[C@]4(C)[C@H]12. The van der Waals surface area contributed by atoms with Gasteiger partial charge >= 0.3 is 23.9 Å². The molecule has 0 bridgehead atoms. The van der Waals surface area contributed by atoms with E-state index in [-0.39, 0.29) is 36.6 Å². The van der Waals surface area contributed by atoms with Crippen LogP contribution in [0.3, 0.4) is 0 Å². The van der Waals surface area contributed by atoms with Crippen molar-refractivity contribution in [3.05, 3.63) is 0 Å². The van der Waals surface area contributed by atoms with Crippen LogP contribution in [-0.2, 0) is 52.4 Å². The van der Waals surface area contributed by atoms with Gasteiger partial charge in [0.2, 0.25) is 5.79 Å². The van der Waals surface area contributed by atoms with Crippen molar-refractivity contribution < 1.29 is 62.6 Å². The van der Waals surface area contributed by atoms with Gasteiger partial charge < -0.3 is 38.6 Å². The van der Waals surface area contributed by atoms with Crippen LogP contribution in [0.1, 0.15) is 81.6 Å². The van der Waals surface area contributed by atoms with Crippen molar-refractivity contribution in [3.8, 4) is 0 Å². The molecule has 0 amide bonds. The lowest BCUT2D eigenvalue weighted by Gasteiger charge is -2.63. The highest BCUT2D eigenvalue weighted by molar-refractivity contribution is 5.88. The van der Waals surface area contributed by atoms with Gasteiger partial charge in [-0.1, -0.05) is 34.6 Å². The Bertz CT molecular complexity index is 1570. The summed E-state index contributed by atoms with van der Waals surface area (Å²) < 4.78 is 37.0. The number of ketones is 1. The number of aliphatic hydroxyl groups excluding tert-OH is 1. The molecule has 0 radical (unpaired) electrons. The largest absolute Gasteiger partial charge is 0.462 e. The van der Waals surface area contributed by atoms with Gasteiger partial charge in [0.15, 0.2) is 11.4 Å². The second-order valence-corrected chi connectivity index (χ2v) is 17.9. The smallest absolute Gasteiger partial charge is 0.341 e. The van der Waals surface area contributed by atoms with Crippen LogP contribution in [0, 0.1) is 63.6 Å². The number of fused-ring (bicyclic) bond motifs is 9. The molecule has 13 nitrogen and oxygen atoms in total. The van der Waals surface area contributed by atoms with Gasteiger partial charge in [-0.2, -0.15) is 0 Å². The zero-order valence-electron chi connectivity index (χ0n) is 30.2. The van der Waals surface area contributed by atoms with Gasteiger partial charge in [-0.3, -0.25) is 19.2 Å². The quantitative estimate of drug-likeness (QED) is 0.241. The Hall–Kier alpha value is -2.61. The van der Waals surface area contributed by atoms with Crippen molar-refractivity contribution in [3.63, 3.8) is 0 Å². The van der Waals surface area contributed by atoms with E-state index in [1.54, 1.807) is 6.92 Å². The maximum absolute atomic E-state index is 14.5. The van der Waals surface area contributed by atoms with Gasteiger partial charge in [-0.15, -0.1) is 0 Å². The summed E-state index contributed by atoms with van der Waals surface area (Å²) in [5.41, 5.74) is -5.56. The highest BCUT2D eigenvalue weighted by atomic mass is 16.8. The monoisotopic (exact) mass is 702 g/mol. The molecule has 50 heavy (non-hydrogen) atoms. The summed E-state index contributed by atoms with van der Waals surface area (Å²) in [6.45, 7) is 15.4. The van der Waals surface area contributed by atoms with Crippen LogP contribution < -0.4 is 0 Å². The minimum Gasteiger partial charge on any atom is -0.462 e. The Morgan fingerprint density at radius 2 is 1.60 bits per heavy atom. The van der Waals surface area contributed by atoms with E-state index >= 15 is 0 Å². The fourth-order valence-corrected chi connectivity index (χ4v) is 13.1. The van der Waals surface area contributed by atoms with Crippen molar-refractivity contribution in [2.75, 3.05) is 0 Å². The lowest BCUT2D eigenvalue weighted by Crippen LogP contribution is -2.70. The Labute approximate surface area is 291 Å². The lowest BCUT2D eigenvalue weighted by atomic mass is 9.41. The van der Waals surface area contributed by atoms with Gasteiger partial charge in [-0.25, -0.2) is 4.79 Å². The van der Waals surface area contributed by atoms with E-state index in [4.69, 9.17) is 28.4 Å². The Morgan fingerprint density at radius 1 is 0.940 bits per heavy atom. The number of carbonyl (C=O) groups excluding carboxylic acids is 5. The molecule has 0 aromatic rings.